The molecule has 0 heterocycles. The van der Waals surface area contributed by atoms with Crippen LogP contribution in [0.4, 0.5) is 17.1 Å². The van der Waals surface area contributed by atoms with Crippen LogP contribution in [-0.4, -0.2) is 45.8 Å². The molecule has 0 fully saturated rings. The van der Waals surface area contributed by atoms with E-state index in [0.717, 1.165) is 22.0 Å². The van der Waals surface area contributed by atoms with Crippen LogP contribution in [0.3, 0.4) is 0 Å². The average molecular weight is 608 g/mol. The van der Waals surface area contributed by atoms with Crippen molar-refractivity contribution in [3.63, 3.8) is 0 Å². The second kappa shape index (κ2) is 13.1. The first-order chi connectivity index (χ1) is 19.9. The van der Waals surface area contributed by atoms with E-state index < -0.39 is 17.2 Å². The zero-order valence-electron chi connectivity index (χ0n) is 24.5. The zero-order chi connectivity index (χ0) is 30.6. The van der Waals surface area contributed by atoms with Gasteiger partial charge in [-0.3, -0.25) is 13.3 Å². The lowest BCUT2D eigenvalue weighted by Gasteiger charge is -2.29. The summed E-state index contributed by atoms with van der Waals surface area (Å²) in [4.78, 5) is 13.3. The summed E-state index contributed by atoms with van der Waals surface area (Å²) in [7, 11) is 5.43. The minimum absolute atomic E-state index is 0.0639. The zero-order valence-corrected chi connectivity index (χ0v) is 26.2. The molecule has 0 aliphatic rings. The highest BCUT2D eigenvalue weighted by Gasteiger charge is 2.20. The normalized spacial score (nSPS) is 12.2. The molecule has 4 rings (SSSR count). The van der Waals surface area contributed by atoms with Gasteiger partial charge >= 0.3 is 5.97 Å². The number of carboxylic acid groups (broad SMARTS) is 1. The molecule has 1 atom stereocenters. The fourth-order valence-corrected chi connectivity index (χ4v) is 5.97. The van der Waals surface area contributed by atoms with Crippen LogP contribution in [0.2, 0.25) is 0 Å². The van der Waals surface area contributed by atoms with E-state index >= 15 is 0 Å². The molecule has 0 bridgehead atoms. The number of aliphatic carboxylic acids is 1. The number of nitrogens with zero attached hydrogens (tertiary/aromatic N) is 2. The lowest BCUT2D eigenvalue weighted by atomic mass is 10.1. The van der Waals surface area contributed by atoms with E-state index in [4.69, 9.17) is 9.47 Å². The van der Waals surface area contributed by atoms with Crippen LogP contribution in [-0.2, 0) is 28.2 Å². The highest BCUT2D eigenvalue weighted by atomic mass is 32.2. The van der Waals surface area contributed by atoms with Crippen LogP contribution in [0.15, 0.2) is 72.8 Å². The van der Waals surface area contributed by atoms with Crippen LogP contribution in [0, 0.1) is 0 Å². The number of hydrogen-bond donors (Lipinski definition) is 1. The van der Waals surface area contributed by atoms with Crippen LogP contribution in [0.1, 0.15) is 31.9 Å². The molecular weight excluding hydrogens is 572 g/mol. The first-order valence-corrected chi connectivity index (χ1v) is 15.3. The van der Waals surface area contributed by atoms with Gasteiger partial charge in [0.1, 0.15) is 5.75 Å². The topological polar surface area (TPSA) is 102 Å². The van der Waals surface area contributed by atoms with Crippen LogP contribution in [0.25, 0.3) is 10.8 Å². The highest BCUT2D eigenvalue weighted by molar-refractivity contribution is 7.99. The Balaban J connectivity index is 1.83. The lowest BCUT2D eigenvalue weighted by Crippen LogP contribution is -2.20. The first kappa shape index (κ1) is 31.2. The van der Waals surface area contributed by atoms with Crippen LogP contribution in [0.5, 0.6) is 17.2 Å². The monoisotopic (exact) mass is 607 g/mol. The quantitative estimate of drug-likeness (QED) is 0.177. The van der Waals surface area contributed by atoms with Gasteiger partial charge in [-0.2, -0.15) is 11.8 Å². The molecule has 0 aliphatic carbocycles. The van der Waals surface area contributed by atoms with Crippen molar-refractivity contribution in [3.05, 3.63) is 83.9 Å². The third-order valence-electron chi connectivity index (χ3n) is 6.47. The number of anilines is 3. The summed E-state index contributed by atoms with van der Waals surface area (Å²) in [5.74, 6) is 0.946. The molecule has 1 N–H and O–H groups in total. The Kier molecular flexibility index (Phi) is 9.71. The molecular formula is C32H35N2O6S2-. The summed E-state index contributed by atoms with van der Waals surface area (Å²) in [5.41, 5.74) is 3.34. The van der Waals surface area contributed by atoms with E-state index in [1.165, 1.54) is 11.4 Å². The van der Waals surface area contributed by atoms with Gasteiger partial charge in [0.25, 0.3) is 0 Å². The number of rotatable bonds is 11. The van der Waals surface area contributed by atoms with E-state index in [1.54, 1.807) is 48.2 Å². The number of carboxylic acids is 1. The minimum atomic E-state index is -2.62. The Bertz CT molecular complexity index is 1620. The van der Waals surface area contributed by atoms with Crippen molar-refractivity contribution in [1.82, 2.24) is 0 Å². The van der Waals surface area contributed by atoms with Crippen molar-refractivity contribution in [3.8, 4) is 17.2 Å². The highest BCUT2D eigenvalue weighted by Crippen LogP contribution is 2.41. The predicted octanol–water partition coefficient (Wildman–Crippen LogP) is 7.30. The molecule has 222 valence electrons. The lowest BCUT2D eigenvalue weighted by molar-refractivity contribution is -0.136. The van der Waals surface area contributed by atoms with Crippen LogP contribution < -0.4 is 18.7 Å². The minimum Gasteiger partial charge on any atom is -0.755 e. The van der Waals surface area contributed by atoms with E-state index in [0.29, 0.717) is 39.9 Å². The van der Waals surface area contributed by atoms with Gasteiger partial charge < -0.3 is 24.0 Å². The molecule has 0 aliphatic heterocycles. The maximum atomic E-state index is 12.8. The van der Waals surface area contributed by atoms with Gasteiger partial charge in [0.05, 0.1) is 36.2 Å². The molecule has 0 radical (unpaired) electrons. The van der Waals surface area contributed by atoms with Crippen molar-refractivity contribution < 1.29 is 28.1 Å². The molecule has 0 aromatic heterocycles. The van der Waals surface area contributed by atoms with Gasteiger partial charge in [-0.15, -0.1) is 0 Å². The van der Waals surface area contributed by atoms with E-state index in [1.807, 2.05) is 55.4 Å². The van der Waals surface area contributed by atoms with Crippen molar-refractivity contribution in [2.75, 3.05) is 30.4 Å². The third kappa shape index (κ3) is 7.36. The number of benzene rings is 4. The molecule has 0 amide bonds. The number of fused-ring (bicyclic) bond motifs is 1. The summed E-state index contributed by atoms with van der Waals surface area (Å²) in [6.45, 7) is 6.33. The second-order valence-electron chi connectivity index (χ2n) is 10.9. The molecule has 4 aromatic carbocycles. The first-order valence-electron chi connectivity index (χ1n) is 13.3. The van der Waals surface area contributed by atoms with E-state index in [9.17, 15) is 18.7 Å². The standard InChI is InChI=1S/C32H36N2O6S2/c1-32(2,3)41-20-22-19-23(14-16-28(22)40-30-17-21(18-31(35)36)13-15-29(30)39-6)34(42(37)38)27-12-8-9-24-25(27)10-7-11-26(24)33(4)5/h7-17,19H,18,20H2,1-6H3,(H,35,36)(H,37,38)/p-1. The SMILES string of the molecule is COc1ccc(CC(=O)O)cc1Oc1ccc(N(c2cccc3c(N(C)C)cccc23)S(=O)[O-])cc1CSC(C)(C)C. The van der Waals surface area contributed by atoms with Gasteiger partial charge in [-0.25, -0.2) is 0 Å². The van der Waals surface area contributed by atoms with Gasteiger partial charge in [0.15, 0.2) is 11.5 Å². The molecule has 42 heavy (non-hydrogen) atoms. The number of carbonyl (C=O) groups is 1. The smallest absolute Gasteiger partial charge is 0.307 e. The van der Waals surface area contributed by atoms with E-state index in [-0.39, 0.29) is 11.2 Å². The molecule has 0 spiro atoms. The van der Waals surface area contributed by atoms with Gasteiger partial charge in [0, 0.05) is 46.6 Å². The molecule has 10 heteroatoms. The Morgan fingerprint density at radius 1 is 0.929 bits per heavy atom. The Labute approximate surface area is 253 Å². The molecule has 4 aromatic rings. The fraction of sp³-hybridized carbons (Fsp3) is 0.281. The van der Waals surface area contributed by atoms with Gasteiger partial charge in [0.2, 0.25) is 0 Å². The molecule has 1 unspecified atom stereocenters. The maximum absolute atomic E-state index is 12.8. The number of hydrogen-bond acceptors (Lipinski definition) is 7. The number of ether oxygens (including phenoxy) is 2. The summed E-state index contributed by atoms with van der Waals surface area (Å²) in [5, 5.41) is 11.0. The van der Waals surface area contributed by atoms with Crippen LogP contribution >= 0.6 is 11.8 Å². The average Bonchev–Trinajstić information content (AvgIpc) is 2.92. The van der Waals surface area contributed by atoms with Crippen molar-refractivity contribution in [2.45, 2.75) is 37.7 Å². The maximum Gasteiger partial charge on any atom is 0.307 e. The summed E-state index contributed by atoms with van der Waals surface area (Å²) >= 11 is -0.922. The molecule has 0 saturated carbocycles. The summed E-state index contributed by atoms with van der Waals surface area (Å²) in [6, 6.07) is 21.8. The Morgan fingerprint density at radius 3 is 2.17 bits per heavy atom. The van der Waals surface area contributed by atoms with Gasteiger partial charge in [-0.1, -0.05) is 51.1 Å². The van der Waals surface area contributed by atoms with Crippen molar-refractivity contribution in [2.24, 2.45) is 0 Å². The molecule has 8 nitrogen and oxygen atoms in total. The number of methoxy groups -OCH3 is 1. The second-order valence-corrected chi connectivity index (χ2v) is 13.5. The van der Waals surface area contributed by atoms with Crippen molar-refractivity contribution >= 4 is 56.8 Å². The molecule has 0 saturated heterocycles. The Morgan fingerprint density at radius 2 is 1.57 bits per heavy atom. The largest absolute Gasteiger partial charge is 0.755 e. The summed E-state index contributed by atoms with van der Waals surface area (Å²) in [6.07, 6.45) is -0.156. The number of thioether (sulfide) groups is 1. The Hall–Kier alpha value is -3.73. The third-order valence-corrected chi connectivity index (χ3v) is 8.50. The predicted molar refractivity (Wildman–Crippen MR) is 171 cm³/mol. The summed E-state index contributed by atoms with van der Waals surface area (Å²) < 4.78 is 38.6. The van der Waals surface area contributed by atoms with Crippen molar-refractivity contribution in [1.29, 1.82) is 0 Å². The fourth-order valence-electron chi connectivity index (χ4n) is 4.55. The van der Waals surface area contributed by atoms with Gasteiger partial charge in [-0.05, 0) is 48.0 Å². The van der Waals surface area contributed by atoms with E-state index in [2.05, 4.69) is 20.8 Å².